The van der Waals surface area contributed by atoms with Gasteiger partial charge in [0.25, 0.3) is 0 Å². The van der Waals surface area contributed by atoms with E-state index < -0.39 is 0 Å². The molecule has 0 atom stereocenters. The zero-order valence-corrected chi connectivity index (χ0v) is 18.9. The normalized spacial score (nSPS) is 29.3. The molecular formula is C24H32N4OS. The Morgan fingerprint density at radius 3 is 2.33 bits per heavy atom. The van der Waals surface area contributed by atoms with Gasteiger partial charge < -0.3 is 9.88 Å². The van der Waals surface area contributed by atoms with Crippen molar-refractivity contribution in [2.24, 2.45) is 30.2 Å². The molecule has 1 aromatic heterocycles. The summed E-state index contributed by atoms with van der Waals surface area (Å²) in [5.41, 5.74) is 2.57. The molecule has 30 heavy (non-hydrogen) atoms. The Hall–Kier alpha value is -1.82. The van der Waals surface area contributed by atoms with Crippen molar-refractivity contribution in [1.82, 2.24) is 14.8 Å². The van der Waals surface area contributed by atoms with E-state index in [0.717, 1.165) is 47.3 Å². The fourth-order valence-corrected chi connectivity index (χ4v) is 7.35. The van der Waals surface area contributed by atoms with Crippen LogP contribution in [-0.2, 0) is 24.7 Å². The Morgan fingerprint density at radius 2 is 1.73 bits per heavy atom. The predicted octanol–water partition coefficient (Wildman–Crippen LogP) is 4.87. The fraction of sp³-hybridized carbons (Fsp3) is 0.625. The van der Waals surface area contributed by atoms with Gasteiger partial charge >= 0.3 is 0 Å². The maximum absolute atomic E-state index is 12.4. The Balaban J connectivity index is 1.18. The van der Waals surface area contributed by atoms with E-state index in [-0.39, 0.29) is 5.91 Å². The predicted molar refractivity (Wildman–Crippen MR) is 120 cm³/mol. The Bertz CT molecular complexity index is 885. The molecule has 4 aliphatic carbocycles. The van der Waals surface area contributed by atoms with Crippen molar-refractivity contribution < 1.29 is 4.79 Å². The molecule has 160 valence electrons. The first-order valence-electron chi connectivity index (χ1n) is 11.4. The smallest absolute Gasteiger partial charge is 0.234 e. The molecule has 4 bridgehead atoms. The quantitative estimate of drug-likeness (QED) is 0.645. The maximum atomic E-state index is 12.4. The average Bonchev–Trinajstić information content (AvgIpc) is 3.05. The molecule has 2 aromatic rings. The lowest BCUT2D eigenvalue weighted by Gasteiger charge is -2.56. The zero-order chi connectivity index (χ0) is 20.7. The van der Waals surface area contributed by atoms with E-state index in [4.69, 9.17) is 0 Å². The Kier molecular flexibility index (Phi) is 5.38. The van der Waals surface area contributed by atoms with Gasteiger partial charge in [0.15, 0.2) is 5.16 Å². The zero-order valence-electron chi connectivity index (χ0n) is 18.1. The van der Waals surface area contributed by atoms with Crippen molar-refractivity contribution >= 4 is 23.4 Å². The van der Waals surface area contributed by atoms with Crippen LogP contribution in [0, 0.1) is 23.2 Å². The highest BCUT2D eigenvalue weighted by molar-refractivity contribution is 7.99. The van der Waals surface area contributed by atoms with Crippen LogP contribution < -0.4 is 5.32 Å². The van der Waals surface area contributed by atoms with E-state index >= 15 is 0 Å². The molecule has 0 unspecified atom stereocenters. The molecule has 4 fully saturated rings. The van der Waals surface area contributed by atoms with Crippen molar-refractivity contribution in [1.29, 1.82) is 0 Å². The van der Waals surface area contributed by atoms with E-state index in [1.165, 1.54) is 55.9 Å². The summed E-state index contributed by atoms with van der Waals surface area (Å²) in [6, 6.07) is 8.05. The molecule has 0 spiro atoms. The number of amides is 1. The van der Waals surface area contributed by atoms with Crippen molar-refractivity contribution in [2.75, 3.05) is 11.1 Å². The molecule has 1 N–H and O–H groups in total. The van der Waals surface area contributed by atoms with Gasteiger partial charge in [-0.05, 0) is 85.8 Å². The van der Waals surface area contributed by atoms with Crippen LogP contribution in [0.3, 0.4) is 0 Å². The minimum absolute atomic E-state index is 0.00474. The summed E-state index contributed by atoms with van der Waals surface area (Å²) in [5.74, 6) is 4.29. The molecule has 0 radical (unpaired) electrons. The summed E-state index contributed by atoms with van der Waals surface area (Å²) in [7, 11) is 2.06. The Morgan fingerprint density at radius 1 is 1.10 bits per heavy atom. The molecular weight excluding hydrogens is 392 g/mol. The molecule has 6 heteroatoms. The number of anilines is 1. The third kappa shape index (κ3) is 4.03. The lowest BCUT2D eigenvalue weighted by Crippen LogP contribution is -2.47. The molecule has 6 rings (SSSR count). The van der Waals surface area contributed by atoms with Crippen LogP contribution in [0.4, 0.5) is 5.69 Å². The standard InChI is InChI=1S/C24H32N4OS/c1-3-16-4-6-20(7-5-16)25-22(29)15-30-23-27-26-21(28(23)2)14-24-11-17-8-18(12-24)10-19(9-17)13-24/h4-7,17-19H,3,8-15H2,1-2H3,(H,25,29). The number of hydrogen-bond donors (Lipinski definition) is 1. The number of hydrogen-bond acceptors (Lipinski definition) is 4. The molecule has 4 saturated carbocycles. The summed E-state index contributed by atoms with van der Waals surface area (Å²) >= 11 is 1.47. The van der Waals surface area contributed by atoms with Gasteiger partial charge in [0.1, 0.15) is 5.82 Å². The number of carbonyl (C=O) groups is 1. The largest absolute Gasteiger partial charge is 0.325 e. The first kappa shape index (κ1) is 20.1. The van der Waals surface area contributed by atoms with Gasteiger partial charge in [-0.3, -0.25) is 4.79 Å². The third-order valence-corrected chi connectivity index (χ3v) is 8.62. The third-order valence-electron chi connectivity index (χ3n) is 7.60. The molecule has 4 aliphatic rings. The number of nitrogens with zero attached hydrogens (tertiary/aromatic N) is 3. The van der Waals surface area contributed by atoms with Gasteiger partial charge in [-0.1, -0.05) is 30.8 Å². The summed E-state index contributed by atoms with van der Waals surface area (Å²) < 4.78 is 2.12. The lowest BCUT2D eigenvalue weighted by atomic mass is 9.49. The second-order valence-electron chi connectivity index (χ2n) is 9.94. The van der Waals surface area contributed by atoms with E-state index in [9.17, 15) is 4.79 Å². The fourth-order valence-electron chi connectivity index (χ4n) is 6.62. The average molecular weight is 425 g/mol. The number of rotatable bonds is 7. The van der Waals surface area contributed by atoms with Crippen molar-refractivity contribution in [3.05, 3.63) is 35.7 Å². The summed E-state index contributed by atoms with van der Waals surface area (Å²) in [6.07, 6.45) is 10.6. The van der Waals surface area contributed by atoms with Gasteiger partial charge in [-0.25, -0.2) is 0 Å². The number of thioether (sulfide) groups is 1. The summed E-state index contributed by atoms with van der Waals surface area (Å²) in [6.45, 7) is 2.13. The van der Waals surface area contributed by atoms with Gasteiger partial charge in [-0.15, -0.1) is 10.2 Å². The first-order chi connectivity index (χ1) is 14.5. The molecule has 1 heterocycles. The van der Waals surface area contributed by atoms with Crippen LogP contribution in [-0.4, -0.2) is 26.4 Å². The minimum atomic E-state index is -0.00474. The maximum Gasteiger partial charge on any atom is 0.234 e. The van der Waals surface area contributed by atoms with Gasteiger partial charge in [0, 0.05) is 19.2 Å². The lowest BCUT2D eigenvalue weighted by molar-refractivity contribution is -0.113. The topological polar surface area (TPSA) is 59.8 Å². The highest BCUT2D eigenvalue weighted by atomic mass is 32.2. The van der Waals surface area contributed by atoms with Crippen molar-refractivity contribution in [2.45, 2.75) is 63.4 Å². The number of aryl methyl sites for hydroxylation is 1. The molecule has 1 amide bonds. The molecule has 0 aliphatic heterocycles. The highest BCUT2D eigenvalue weighted by Gasteiger charge is 2.51. The van der Waals surface area contributed by atoms with Crippen LogP contribution in [0.5, 0.6) is 0 Å². The molecule has 5 nitrogen and oxygen atoms in total. The van der Waals surface area contributed by atoms with E-state index in [0.29, 0.717) is 11.2 Å². The van der Waals surface area contributed by atoms with Gasteiger partial charge in [0.2, 0.25) is 5.91 Å². The number of aromatic nitrogens is 3. The summed E-state index contributed by atoms with van der Waals surface area (Å²) in [4.78, 5) is 12.4. The Labute approximate surface area is 183 Å². The molecule has 1 aromatic carbocycles. The number of nitrogens with one attached hydrogen (secondary N) is 1. The van der Waals surface area contributed by atoms with Gasteiger partial charge in [0.05, 0.1) is 5.75 Å². The number of carbonyl (C=O) groups excluding carboxylic acids is 1. The van der Waals surface area contributed by atoms with Crippen molar-refractivity contribution in [3.8, 4) is 0 Å². The van der Waals surface area contributed by atoms with Crippen molar-refractivity contribution in [3.63, 3.8) is 0 Å². The van der Waals surface area contributed by atoms with Crippen LogP contribution >= 0.6 is 11.8 Å². The second-order valence-corrected chi connectivity index (χ2v) is 10.9. The van der Waals surface area contributed by atoms with Crippen LogP contribution in [0.15, 0.2) is 29.4 Å². The van der Waals surface area contributed by atoms with E-state index in [1.54, 1.807) is 0 Å². The highest BCUT2D eigenvalue weighted by Crippen LogP contribution is 2.60. The summed E-state index contributed by atoms with van der Waals surface area (Å²) in [5, 5.41) is 12.8. The minimum Gasteiger partial charge on any atom is -0.325 e. The van der Waals surface area contributed by atoms with E-state index in [1.807, 2.05) is 12.1 Å². The molecule has 0 saturated heterocycles. The number of benzene rings is 1. The monoisotopic (exact) mass is 424 g/mol. The van der Waals surface area contributed by atoms with E-state index in [2.05, 4.69) is 46.2 Å². The first-order valence-corrected chi connectivity index (χ1v) is 12.4. The van der Waals surface area contributed by atoms with Gasteiger partial charge in [-0.2, -0.15) is 0 Å². The van der Waals surface area contributed by atoms with Crippen LogP contribution in [0.1, 0.15) is 56.8 Å². The van der Waals surface area contributed by atoms with Crippen LogP contribution in [0.25, 0.3) is 0 Å². The second kappa shape index (κ2) is 8.03. The SMILES string of the molecule is CCc1ccc(NC(=O)CSc2nnc(CC34CC5CC(CC(C5)C3)C4)n2C)cc1. The van der Waals surface area contributed by atoms with Crippen LogP contribution in [0.2, 0.25) is 0 Å².